The van der Waals surface area contributed by atoms with E-state index in [2.05, 4.69) is 28.5 Å². The molecular formula is C23H22FN5O2. The molecule has 0 aliphatic carbocycles. The Morgan fingerprint density at radius 1 is 1.23 bits per heavy atom. The lowest BCUT2D eigenvalue weighted by Crippen LogP contribution is -2.50. The fourth-order valence-electron chi connectivity index (χ4n) is 3.52. The van der Waals surface area contributed by atoms with Crippen LogP contribution in [0, 0.1) is 0 Å². The number of ether oxygens (including phenoxy) is 1. The van der Waals surface area contributed by atoms with Crippen molar-refractivity contribution in [2.45, 2.75) is 18.7 Å². The normalized spacial score (nSPS) is 18.4. The molecule has 2 aromatic heterocycles. The minimum atomic E-state index is -1.20. The molecule has 1 aromatic carbocycles. The van der Waals surface area contributed by atoms with E-state index in [4.69, 9.17) is 4.74 Å². The molecule has 158 valence electrons. The third-order valence-electron chi connectivity index (χ3n) is 5.16. The minimum Gasteiger partial charge on any atom is -0.469 e. The molecule has 2 atom stereocenters. The highest BCUT2D eigenvalue weighted by molar-refractivity contribution is 5.94. The molecule has 1 amide bonds. The number of amides is 1. The van der Waals surface area contributed by atoms with Crippen molar-refractivity contribution < 1.29 is 13.9 Å². The van der Waals surface area contributed by atoms with E-state index in [0.717, 1.165) is 11.3 Å². The zero-order valence-corrected chi connectivity index (χ0v) is 16.9. The number of aromatic nitrogens is 4. The van der Waals surface area contributed by atoms with Crippen LogP contribution in [-0.4, -0.2) is 56.2 Å². The quantitative estimate of drug-likeness (QED) is 0.611. The number of pyridine rings is 1. The number of likely N-dealkylation sites (tertiary alicyclic amines) is 1. The predicted octanol–water partition coefficient (Wildman–Crippen LogP) is 3.58. The Morgan fingerprint density at radius 2 is 2.10 bits per heavy atom. The molecule has 2 unspecified atom stereocenters. The van der Waals surface area contributed by atoms with Crippen molar-refractivity contribution in [3.8, 4) is 11.6 Å². The number of halogens is 1. The van der Waals surface area contributed by atoms with Crippen molar-refractivity contribution in [2.75, 3.05) is 13.1 Å². The molecule has 1 saturated heterocycles. The lowest BCUT2D eigenvalue weighted by molar-refractivity contribution is 0.0165. The van der Waals surface area contributed by atoms with Gasteiger partial charge < -0.3 is 9.64 Å². The van der Waals surface area contributed by atoms with Gasteiger partial charge in [-0.2, -0.15) is 0 Å². The summed E-state index contributed by atoms with van der Waals surface area (Å²) in [7, 11) is 0. The van der Waals surface area contributed by atoms with Gasteiger partial charge in [-0.3, -0.25) is 4.79 Å². The molecule has 0 radical (unpaired) electrons. The molecule has 1 aliphatic rings. The monoisotopic (exact) mass is 419 g/mol. The number of piperidine rings is 1. The molecule has 4 rings (SSSR count). The lowest BCUT2D eigenvalue weighted by Gasteiger charge is -2.35. The van der Waals surface area contributed by atoms with E-state index >= 15 is 0 Å². The zero-order chi connectivity index (χ0) is 21.8. The van der Waals surface area contributed by atoms with Crippen LogP contribution in [0.3, 0.4) is 0 Å². The number of carbonyl (C=O) groups is 1. The average molecular weight is 419 g/mol. The number of rotatable bonds is 6. The SMILES string of the molecule is C=Cc1ccc(OC2CN(C(=O)c3cccc(-n4ccnn4)c3)CCC2F)nc1C=C. The summed E-state index contributed by atoms with van der Waals surface area (Å²) in [6.07, 6.45) is 4.71. The van der Waals surface area contributed by atoms with Crippen LogP contribution in [-0.2, 0) is 0 Å². The predicted molar refractivity (Wildman–Crippen MR) is 116 cm³/mol. The highest BCUT2D eigenvalue weighted by Crippen LogP contribution is 2.23. The molecule has 0 bridgehead atoms. The van der Waals surface area contributed by atoms with Crippen molar-refractivity contribution in [3.05, 3.63) is 78.8 Å². The molecule has 0 spiro atoms. The maximum Gasteiger partial charge on any atom is 0.254 e. The Balaban J connectivity index is 1.50. The van der Waals surface area contributed by atoms with Crippen molar-refractivity contribution in [3.63, 3.8) is 0 Å². The Labute approximate surface area is 179 Å². The van der Waals surface area contributed by atoms with E-state index in [1.165, 1.54) is 0 Å². The fraction of sp³-hybridized carbons (Fsp3) is 0.217. The van der Waals surface area contributed by atoms with Gasteiger partial charge in [0.05, 0.1) is 30.3 Å². The molecule has 1 fully saturated rings. The van der Waals surface area contributed by atoms with Crippen LogP contribution in [0.25, 0.3) is 17.8 Å². The van der Waals surface area contributed by atoms with Gasteiger partial charge in [-0.1, -0.05) is 30.5 Å². The van der Waals surface area contributed by atoms with Gasteiger partial charge in [-0.05, 0) is 42.3 Å². The first-order chi connectivity index (χ1) is 15.1. The maximum atomic E-state index is 14.6. The molecule has 3 heterocycles. The lowest BCUT2D eigenvalue weighted by atomic mass is 10.0. The standard InChI is InChI=1S/C23H22FN5O2/c1-3-16-8-9-22(26-20(16)4-2)31-21-15-28(12-10-19(21)24)23(30)17-6-5-7-18(14-17)29-13-11-25-27-29/h3-9,11,13-14,19,21H,1-2,10,12,15H2. The van der Waals surface area contributed by atoms with Crippen molar-refractivity contribution in [1.29, 1.82) is 0 Å². The first-order valence-corrected chi connectivity index (χ1v) is 9.91. The average Bonchev–Trinajstić information content (AvgIpc) is 3.35. The van der Waals surface area contributed by atoms with Gasteiger partial charge in [0, 0.05) is 18.2 Å². The van der Waals surface area contributed by atoms with Crippen LogP contribution >= 0.6 is 0 Å². The third kappa shape index (κ3) is 4.37. The van der Waals surface area contributed by atoms with Crippen LogP contribution in [0.1, 0.15) is 28.0 Å². The van der Waals surface area contributed by atoms with Gasteiger partial charge in [0.25, 0.3) is 5.91 Å². The topological polar surface area (TPSA) is 73.1 Å². The van der Waals surface area contributed by atoms with Gasteiger partial charge >= 0.3 is 0 Å². The third-order valence-corrected chi connectivity index (χ3v) is 5.16. The molecule has 3 aromatic rings. The summed E-state index contributed by atoms with van der Waals surface area (Å²) in [5.41, 5.74) is 2.63. The summed E-state index contributed by atoms with van der Waals surface area (Å²) >= 11 is 0. The largest absolute Gasteiger partial charge is 0.469 e. The molecular weight excluding hydrogens is 397 g/mol. The van der Waals surface area contributed by atoms with Crippen LogP contribution in [0.15, 0.2) is 61.9 Å². The van der Waals surface area contributed by atoms with Gasteiger partial charge in [0.2, 0.25) is 5.88 Å². The van der Waals surface area contributed by atoms with Gasteiger partial charge in [0.1, 0.15) is 12.3 Å². The molecule has 31 heavy (non-hydrogen) atoms. The van der Waals surface area contributed by atoms with Crippen LogP contribution in [0.2, 0.25) is 0 Å². The zero-order valence-electron chi connectivity index (χ0n) is 16.9. The molecule has 1 aliphatic heterocycles. The molecule has 7 nitrogen and oxygen atoms in total. The number of benzene rings is 1. The maximum absolute atomic E-state index is 14.6. The first kappa shape index (κ1) is 20.5. The van der Waals surface area contributed by atoms with E-state index < -0.39 is 12.3 Å². The summed E-state index contributed by atoms with van der Waals surface area (Å²) in [5, 5.41) is 7.73. The summed E-state index contributed by atoms with van der Waals surface area (Å²) < 4.78 is 22.0. The van der Waals surface area contributed by atoms with E-state index in [0.29, 0.717) is 17.8 Å². The summed E-state index contributed by atoms with van der Waals surface area (Å²) in [6.45, 7) is 7.91. The number of nitrogens with zero attached hydrogens (tertiary/aromatic N) is 5. The Bertz CT molecular complexity index is 1100. The Hall–Kier alpha value is -3.81. The van der Waals surface area contributed by atoms with E-state index in [-0.39, 0.29) is 24.8 Å². The highest BCUT2D eigenvalue weighted by atomic mass is 19.1. The van der Waals surface area contributed by atoms with Crippen LogP contribution < -0.4 is 4.74 Å². The second-order valence-corrected chi connectivity index (χ2v) is 7.14. The Morgan fingerprint density at radius 3 is 2.84 bits per heavy atom. The van der Waals surface area contributed by atoms with Crippen molar-refractivity contribution in [1.82, 2.24) is 24.9 Å². The first-order valence-electron chi connectivity index (χ1n) is 9.91. The molecule has 0 saturated carbocycles. The smallest absolute Gasteiger partial charge is 0.254 e. The number of hydrogen-bond acceptors (Lipinski definition) is 5. The molecule has 8 heteroatoms. The van der Waals surface area contributed by atoms with Gasteiger partial charge in [-0.15, -0.1) is 5.10 Å². The van der Waals surface area contributed by atoms with Crippen molar-refractivity contribution >= 4 is 18.1 Å². The fourth-order valence-corrected chi connectivity index (χ4v) is 3.52. The van der Waals surface area contributed by atoms with Crippen LogP contribution in [0.5, 0.6) is 5.88 Å². The highest BCUT2D eigenvalue weighted by Gasteiger charge is 2.34. The van der Waals surface area contributed by atoms with E-state index in [9.17, 15) is 9.18 Å². The second kappa shape index (κ2) is 8.91. The number of hydrogen-bond donors (Lipinski definition) is 0. The summed E-state index contributed by atoms with van der Waals surface area (Å²) in [4.78, 5) is 19.0. The number of carbonyl (C=O) groups excluding carboxylic acids is 1. The van der Waals surface area contributed by atoms with Gasteiger partial charge in [0.15, 0.2) is 0 Å². The summed E-state index contributed by atoms with van der Waals surface area (Å²) in [5.74, 6) is 0.0971. The second-order valence-electron chi connectivity index (χ2n) is 7.14. The van der Waals surface area contributed by atoms with Crippen LogP contribution in [0.4, 0.5) is 4.39 Å². The summed E-state index contributed by atoms with van der Waals surface area (Å²) in [6, 6.07) is 10.5. The Kier molecular flexibility index (Phi) is 5.88. The number of alkyl halides is 1. The van der Waals surface area contributed by atoms with E-state index in [1.54, 1.807) is 64.5 Å². The minimum absolute atomic E-state index is 0.127. The van der Waals surface area contributed by atoms with E-state index in [1.807, 2.05) is 6.07 Å². The van der Waals surface area contributed by atoms with Crippen molar-refractivity contribution in [2.24, 2.45) is 0 Å². The molecule has 0 N–H and O–H groups in total. The van der Waals surface area contributed by atoms with Gasteiger partial charge in [-0.25, -0.2) is 14.1 Å².